The van der Waals surface area contributed by atoms with Crippen LogP contribution >= 0.6 is 0 Å². The summed E-state index contributed by atoms with van der Waals surface area (Å²) in [7, 11) is 0. The van der Waals surface area contributed by atoms with Gasteiger partial charge in [0.05, 0.1) is 17.6 Å². The Labute approximate surface area is 138 Å². The van der Waals surface area contributed by atoms with Crippen LogP contribution in [0.4, 0.5) is 0 Å². The number of carbonyl (C=O) groups is 3. The molecule has 1 aromatic heterocycles. The van der Waals surface area contributed by atoms with Gasteiger partial charge in [0, 0.05) is 17.0 Å². The standard InChI is InChI=1S/C17H17N3O4/c18-15(21)8-19-16(22)9-24-17(23)12-7-14(10-5-6-10)20-13-4-2-1-3-11(12)13/h1-4,7,10H,5-6,8-9H2,(H2,18,21)(H,19,22). The number of nitrogens with zero attached hydrogens (tertiary/aromatic N) is 1. The number of hydrogen-bond acceptors (Lipinski definition) is 5. The molecular formula is C17H17N3O4. The first-order chi connectivity index (χ1) is 11.5. The number of nitrogens with one attached hydrogen (secondary N) is 1. The van der Waals surface area contributed by atoms with Gasteiger partial charge in [-0.05, 0) is 25.0 Å². The zero-order chi connectivity index (χ0) is 17.1. The highest BCUT2D eigenvalue weighted by Gasteiger charge is 2.27. The Morgan fingerprint density at radius 2 is 2.00 bits per heavy atom. The highest BCUT2D eigenvalue weighted by Crippen LogP contribution is 2.40. The van der Waals surface area contributed by atoms with E-state index < -0.39 is 24.4 Å². The van der Waals surface area contributed by atoms with Crippen molar-refractivity contribution < 1.29 is 19.1 Å². The summed E-state index contributed by atoms with van der Waals surface area (Å²) >= 11 is 0. The van der Waals surface area contributed by atoms with Crippen LogP contribution in [-0.4, -0.2) is 35.9 Å². The van der Waals surface area contributed by atoms with Crippen molar-refractivity contribution in [2.75, 3.05) is 13.2 Å². The van der Waals surface area contributed by atoms with Gasteiger partial charge in [0.25, 0.3) is 5.91 Å². The third-order valence-electron chi connectivity index (χ3n) is 3.75. The monoisotopic (exact) mass is 327 g/mol. The molecule has 0 aliphatic heterocycles. The van der Waals surface area contributed by atoms with Crippen LogP contribution in [0.25, 0.3) is 10.9 Å². The molecule has 1 aliphatic carbocycles. The topological polar surface area (TPSA) is 111 Å². The van der Waals surface area contributed by atoms with Gasteiger partial charge in [-0.15, -0.1) is 0 Å². The number of carbonyl (C=O) groups excluding carboxylic acids is 3. The number of para-hydroxylation sites is 1. The van der Waals surface area contributed by atoms with Crippen LogP contribution in [-0.2, 0) is 14.3 Å². The van der Waals surface area contributed by atoms with Crippen molar-refractivity contribution in [3.63, 3.8) is 0 Å². The minimum Gasteiger partial charge on any atom is -0.452 e. The number of benzene rings is 1. The van der Waals surface area contributed by atoms with E-state index in [0.29, 0.717) is 16.9 Å². The molecule has 2 aromatic rings. The first-order valence-electron chi connectivity index (χ1n) is 7.66. The second-order valence-corrected chi connectivity index (χ2v) is 5.71. The second-order valence-electron chi connectivity index (χ2n) is 5.71. The SMILES string of the molecule is NC(=O)CNC(=O)COC(=O)c1cc(C2CC2)nc2ccccc12. The van der Waals surface area contributed by atoms with Crippen LogP contribution in [0.15, 0.2) is 30.3 Å². The number of pyridine rings is 1. The van der Waals surface area contributed by atoms with E-state index in [1.807, 2.05) is 18.2 Å². The molecule has 0 radical (unpaired) electrons. The maximum Gasteiger partial charge on any atom is 0.339 e. The number of fused-ring (bicyclic) bond motifs is 1. The largest absolute Gasteiger partial charge is 0.452 e. The van der Waals surface area contributed by atoms with Crippen LogP contribution in [0.1, 0.15) is 34.8 Å². The highest BCUT2D eigenvalue weighted by molar-refractivity contribution is 6.04. The predicted octanol–water partition coefficient (Wildman–Crippen LogP) is 0.870. The Morgan fingerprint density at radius 1 is 1.25 bits per heavy atom. The maximum atomic E-state index is 12.4. The zero-order valence-electron chi connectivity index (χ0n) is 13.0. The van der Waals surface area contributed by atoms with Gasteiger partial charge in [-0.25, -0.2) is 4.79 Å². The second kappa shape index (κ2) is 6.66. The van der Waals surface area contributed by atoms with Crippen LogP contribution in [0.2, 0.25) is 0 Å². The number of ether oxygens (including phenoxy) is 1. The Morgan fingerprint density at radius 3 is 2.71 bits per heavy atom. The Bertz CT molecular complexity index is 815. The first-order valence-corrected chi connectivity index (χ1v) is 7.66. The normalized spacial score (nSPS) is 13.5. The van der Waals surface area contributed by atoms with E-state index >= 15 is 0 Å². The van der Waals surface area contributed by atoms with Gasteiger partial charge < -0.3 is 15.8 Å². The number of rotatable bonds is 6. The van der Waals surface area contributed by atoms with Gasteiger partial charge in [-0.1, -0.05) is 18.2 Å². The molecule has 1 aromatic carbocycles. The summed E-state index contributed by atoms with van der Waals surface area (Å²) in [6.45, 7) is -0.762. The Balaban J connectivity index is 1.76. The third kappa shape index (κ3) is 3.68. The number of esters is 1. The quantitative estimate of drug-likeness (QED) is 0.765. The minimum atomic E-state index is -0.663. The van der Waals surface area contributed by atoms with Crippen LogP contribution < -0.4 is 11.1 Å². The average Bonchev–Trinajstić information content (AvgIpc) is 3.41. The summed E-state index contributed by atoms with van der Waals surface area (Å²) in [5, 5.41) is 2.95. The lowest BCUT2D eigenvalue weighted by Crippen LogP contribution is -2.36. The van der Waals surface area contributed by atoms with Crippen molar-refractivity contribution in [3.05, 3.63) is 41.6 Å². The molecule has 1 fully saturated rings. The molecule has 0 unspecified atom stereocenters. The van der Waals surface area contributed by atoms with Gasteiger partial charge >= 0.3 is 5.97 Å². The molecule has 7 heteroatoms. The molecule has 24 heavy (non-hydrogen) atoms. The maximum absolute atomic E-state index is 12.4. The van der Waals surface area contributed by atoms with Gasteiger partial charge in [0.15, 0.2) is 6.61 Å². The van der Waals surface area contributed by atoms with Crippen molar-refractivity contribution in [1.82, 2.24) is 10.3 Å². The average molecular weight is 327 g/mol. The van der Waals surface area contributed by atoms with Gasteiger partial charge in [0.1, 0.15) is 0 Å². The fourth-order valence-electron chi connectivity index (χ4n) is 2.40. The molecule has 2 amide bonds. The number of primary amides is 1. The van der Waals surface area contributed by atoms with Crippen LogP contribution in [0.5, 0.6) is 0 Å². The summed E-state index contributed by atoms with van der Waals surface area (Å²) in [5.74, 6) is -1.45. The molecule has 0 saturated heterocycles. The summed E-state index contributed by atoms with van der Waals surface area (Å²) in [6, 6.07) is 9.06. The number of amides is 2. The van der Waals surface area contributed by atoms with Gasteiger partial charge in [-0.3, -0.25) is 14.6 Å². The molecule has 124 valence electrons. The van der Waals surface area contributed by atoms with E-state index in [9.17, 15) is 14.4 Å². The molecular weight excluding hydrogens is 310 g/mol. The van der Waals surface area contributed by atoms with Crippen molar-refractivity contribution >= 4 is 28.7 Å². The van der Waals surface area contributed by atoms with E-state index in [0.717, 1.165) is 24.1 Å². The van der Waals surface area contributed by atoms with Crippen molar-refractivity contribution in [3.8, 4) is 0 Å². The first kappa shape index (κ1) is 15.9. The van der Waals surface area contributed by atoms with Crippen LogP contribution in [0.3, 0.4) is 0 Å². The van der Waals surface area contributed by atoms with E-state index in [1.54, 1.807) is 12.1 Å². The molecule has 1 heterocycles. The fourth-order valence-corrected chi connectivity index (χ4v) is 2.40. The molecule has 3 N–H and O–H groups in total. The van der Waals surface area contributed by atoms with Crippen molar-refractivity contribution in [2.45, 2.75) is 18.8 Å². The summed E-state index contributed by atoms with van der Waals surface area (Å²) in [4.78, 5) is 39.1. The van der Waals surface area contributed by atoms with Gasteiger partial charge in [-0.2, -0.15) is 0 Å². The third-order valence-corrected chi connectivity index (χ3v) is 3.75. The van der Waals surface area contributed by atoms with Crippen molar-refractivity contribution in [1.29, 1.82) is 0 Å². The van der Waals surface area contributed by atoms with Gasteiger partial charge in [0.2, 0.25) is 5.91 Å². The molecule has 0 bridgehead atoms. The predicted molar refractivity (Wildman–Crippen MR) is 86.2 cm³/mol. The van der Waals surface area contributed by atoms with E-state index in [1.165, 1.54) is 0 Å². The molecule has 3 rings (SSSR count). The van der Waals surface area contributed by atoms with E-state index in [2.05, 4.69) is 10.3 Å². The summed E-state index contributed by atoms with van der Waals surface area (Å²) < 4.78 is 5.05. The lowest BCUT2D eigenvalue weighted by molar-refractivity contribution is -0.127. The summed E-state index contributed by atoms with van der Waals surface area (Å²) in [5.41, 5.74) is 6.93. The smallest absolute Gasteiger partial charge is 0.339 e. The fraction of sp³-hybridized carbons (Fsp3) is 0.294. The molecule has 0 spiro atoms. The number of aromatic nitrogens is 1. The molecule has 7 nitrogen and oxygen atoms in total. The van der Waals surface area contributed by atoms with E-state index in [4.69, 9.17) is 10.5 Å². The Kier molecular flexibility index (Phi) is 4.41. The zero-order valence-corrected chi connectivity index (χ0v) is 13.0. The number of hydrogen-bond donors (Lipinski definition) is 2. The van der Waals surface area contributed by atoms with Crippen LogP contribution in [0, 0.1) is 0 Å². The van der Waals surface area contributed by atoms with Crippen molar-refractivity contribution in [2.24, 2.45) is 5.73 Å². The lowest BCUT2D eigenvalue weighted by Gasteiger charge is -2.09. The molecule has 1 saturated carbocycles. The Hall–Kier alpha value is -2.96. The minimum absolute atomic E-state index is 0.291. The highest BCUT2D eigenvalue weighted by atomic mass is 16.5. The summed E-state index contributed by atoms with van der Waals surface area (Å²) in [6.07, 6.45) is 2.13. The molecule has 0 atom stereocenters. The number of nitrogens with two attached hydrogens (primary N) is 1. The van der Waals surface area contributed by atoms with E-state index in [-0.39, 0.29) is 6.54 Å². The molecule has 1 aliphatic rings. The lowest BCUT2D eigenvalue weighted by atomic mass is 10.1.